The van der Waals surface area contributed by atoms with Crippen molar-refractivity contribution < 1.29 is 9.83 Å². The Labute approximate surface area is 151 Å². The summed E-state index contributed by atoms with van der Waals surface area (Å²) in [4.78, 5) is 23.6. The van der Waals surface area contributed by atoms with Crippen LogP contribution in [0.25, 0.3) is 11.1 Å². The minimum Gasteiger partial charge on any atom is -0.268 e. The fourth-order valence-electron chi connectivity index (χ4n) is 2.75. The second-order valence-corrected chi connectivity index (χ2v) is 5.84. The summed E-state index contributed by atoms with van der Waals surface area (Å²) in [6.07, 6.45) is 0.519. The number of hydrogen-bond donors (Lipinski definition) is 0. The molecule has 1 amide bonds. The molecule has 5 heteroatoms. The lowest BCUT2D eigenvalue weighted by atomic mass is 10.0. The molecular formula is C21H18N2O3. The molecule has 0 atom stereocenters. The van der Waals surface area contributed by atoms with Crippen molar-refractivity contribution in [2.75, 3.05) is 5.01 Å². The maximum Gasteiger partial charge on any atom is 0.289 e. The quantitative estimate of drug-likeness (QED) is 0.487. The third-order valence-corrected chi connectivity index (χ3v) is 4.09. The zero-order valence-corrected chi connectivity index (χ0v) is 14.1. The number of carbonyl (C=O) groups is 1. The van der Waals surface area contributed by atoms with Crippen molar-refractivity contribution in [1.82, 2.24) is 0 Å². The van der Waals surface area contributed by atoms with Crippen LogP contribution in [0.1, 0.15) is 12.0 Å². The zero-order valence-electron chi connectivity index (χ0n) is 14.1. The van der Waals surface area contributed by atoms with Gasteiger partial charge in [0, 0.05) is 6.42 Å². The van der Waals surface area contributed by atoms with E-state index in [1.807, 2.05) is 54.6 Å². The molecule has 3 aromatic rings. The Morgan fingerprint density at radius 3 is 1.92 bits per heavy atom. The maximum atomic E-state index is 12.3. The third kappa shape index (κ3) is 4.13. The maximum absolute atomic E-state index is 12.3. The van der Waals surface area contributed by atoms with Gasteiger partial charge < -0.3 is 0 Å². The smallest absolute Gasteiger partial charge is 0.268 e. The number of hydrogen-bond acceptors (Lipinski definition) is 3. The number of nitro groups is 1. The van der Waals surface area contributed by atoms with Gasteiger partial charge >= 0.3 is 0 Å². The molecule has 0 N–H and O–H groups in total. The van der Waals surface area contributed by atoms with Gasteiger partial charge in [-0.1, -0.05) is 72.8 Å². The summed E-state index contributed by atoms with van der Waals surface area (Å²) < 4.78 is 0. The van der Waals surface area contributed by atoms with Crippen LogP contribution in [0.15, 0.2) is 84.9 Å². The number of benzene rings is 3. The molecule has 0 radical (unpaired) electrons. The van der Waals surface area contributed by atoms with E-state index >= 15 is 0 Å². The number of hydrazine groups is 1. The molecule has 0 aliphatic carbocycles. The molecule has 0 bridgehead atoms. The highest BCUT2D eigenvalue weighted by Gasteiger charge is 2.25. The predicted octanol–water partition coefficient (Wildman–Crippen LogP) is 4.51. The van der Waals surface area contributed by atoms with E-state index in [4.69, 9.17) is 0 Å². The molecule has 26 heavy (non-hydrogen) atoms. The largest absolute Gasteiger partial charge is 0.289 e. The van der Waals surface area contributed by atoms with Crippen molar-refractivity contribution in [3.8, 4) is 11.1 Å². The first-order valence-corrected chi connectivity index (χ1v) is 8.32. The Bertz CT molecular complexity index is 878. The van der Waals surface area contributed by atoms with Gasteiger partial charge in [0.05, 0.1) is 0 Å². The highest BCUT2D eigenvalue weighted by atomic mass is 16.7. The highest BCUT2D eigenvalue weighted by Crippen LogP contribution is 2.20. The van der Waals surface area contributed by atoms with Crippen LogP contribution in [0.2, 0.25) is 0 Å². The topological polar surface area (TPSA) is 63.5 Å². The van der Waals surface area contributed by atoms with Gasteiger partial charge in [-0.3, -0.25) is 4.79 Å². The molecule has 0 aliphatic heterocycles. The van der Waals surface area contributed by atoms with E-state index in [2.05, 4.69) is 0 Å². The van der Waals surface area contributed by atoms with Crippen molar-refractivity contribution in [3.05, 3.63) is 101 Å². The van der Waals surface area contributed by atoms with Crippen LogP contribution in [0.5, 0.6) is 0 Å². The van der Waals surface area contributed by atoms with Crippen molar-refractivity contribution in [2.45, 2.75) is 12.8 Å². The summed E-state index contributed by atoms with van der Waals surface area (Å²) in [6.45, 7) is 0. The molecule has 0 spiro atoms. The first-order valence-electron chi connectivity index (χ1n) is 8.32. The molecule has 0 fully saturated rings. The number of anilines is 1. The molecular weight excluding hydrogens is 328 g/mol. The summed E-state index contributed by atoms with van der Waals surface area (Å²) in [5, 5.41) is 11.2. The number of para-hydroxylation sites is 1. The minimum atomic E-state index is -0.670. The standard InChI is InChI=1S/C21H18N2O3/c24-21(22(23(25)26)20-9-5-2-6-10-20)16-13-17-11-14-19(15-12-17)18-7-3-1-4-8-18/h1-12,14-15H,13,16H2. The number of nitrogens with zero attached hydrogens (tertiary/aromatic N) is 2. The summed E-state index contributed by atoms with van der Waals surface area (Å²) in [5.74, 6) is -0.534. The minimum absolute atomic E-state index is 0.0700. The number of carbonyl (C=O) groups excluding carboxylic acids is 1. The van der Waals surface area contributed by atoms with E-state index in [1.165, 1.54) is 0 Å². The predicted molar refractivity (Wildman–Crippen MR) is 101 cm³/mol. The molecule has 0 aliphatic rings. The summed E-state index contributed by atoms with van der Waals surface area (Å²) in [7, 11) is 0. The van der Waals surface area contributed by atoms with Crippen LogP contribution in [0.3, 0.4) is 0 Å². The van der Waals surface area contributed by atoms with Crippen LogP contribution in [0.4, 0.5) is 5.69 Å². The van der Waals surface area contributed by atoms with Gasteiger partial charge in [-0.05, 0) is 40.3 Å². The number of aryl methyl sites for hydroxylation is 1. The van der Waals surface area contributed by atoms with E-state index in [9.17, 15) is 14.9 Å². The SMILES string of the molecule is O=C(CCc1ccc(-c2ccccc2)cc1)N(c1ccccc1)[N+](=O)[O-]. The Kier molecular flexibility index (Phi) is 5.39. The van der Waals surface area contributed by atoms with Crippen molar-refractivity contribution in [1.29, 1.82) is 0 Å². The Morgan fingerprint density at radius 2 is 1.35 bits per heavy atom. The van der Waals surface area contributed by atoms with E-state index in [1.54, 1.807) is 30.3 Å². The zero-order chi connectivity index (χ0) is 18.4. The Morgan fingerprint density at radius 1 is 0.808 bits per heavy atom. The molecule has 0 saturated heterocycles. The van der Waals surface area contributed by atoms with Gasteiger partial charge in [-0.25, -0.2) is 10.1 Å². The van der Waals surface area contributed by atoms with Gasteiger partial charge in [0.2, 0.25) is 0 Å². The fraction of sp³-hybridized carbons (Fsp3) is 0.0952. The summed E-state index contributed by atoms with van der Waals surface area (Å²) in [6, 6.07) is 26.1. The fourth-order valence-corrected chi connectivity index (χ4v) is 2.75. The summed E-state index contributed by atoms with van der Waals surface area (Å²) >= 11 is 0. The second-order valence-electron chi connectivity index (χ2n) is 5.84. The third-order valence-electron chi connectivity index (χ3n) is 4.09. The Balaban J connectivity index is 1.66. The van der Waals surface area contributed by atoms with E-state index in [0.29, 0.717) is 11.4 Å². The van der Waals surface area contributed by atoms with E-state index in [-0.39, 0.29) is 12.1 Å². The number of amides is 1. The average molecular weight is 346 g/mol. The van der Waals surface area contributed by atoms with Gasteiger partial charge in [-0.15, -0.1) is 0 Å². The Hall–Kier alpha value is -3.47. The van der Waals surface area contributed by atoms with Gasteiger partial charge in [0.25, 0.3) is 5.91 Å². The van der Waals surface area contributed by atoms with Gasteiger partial charge in [0.1, 0.15) is 5.69 Å². The van der Waals surface area contributed by atoms with Crippen molar-refractivity contribution in [3.63, 3.8) is 0 Å². The van der Waals surface area contributed by atoms with Crippen LogP contribution in [0, 0.1) is 10.1 Å². The van der Waals surface area contributed by atoms with Crippen molar-refractivity contribution in [2.24, 2.45) is 0 Å². The molecule has 130 valence electrons. The first kappa shape index (κ1) is 17.4. The lowest BCUT2D eigenvalue weighted by Crippen LogP contribution is -2.36. The average Bonchev–Trinajstić information content (AvgIpc) is 2.68. The molecule has 0 aromatic heterocycles. The van der Waals surface area contributed by atoms with Crippen LogP contribution < -0.4 is 5.01 Å². The van der Waals surface area contributed by atoms with Crippen molar-refractivity contribution >= 4 is 11.6 Å². The molecule has 3 rings (SSSR count). The molecule has 0 saturated carbocycles. The molecule has 0 heterocycles. The lowest BCUT2D eigenvalue weighted by molar-refractivity contribution is -0.483. The number of rotatable bonds is 6. The second kappa shape index (κ2) is 8.07. The van der Waals surface area contributed by atoms with E-state index < -0.39 is 10.9 Å². The van der Waals surface area contributed by atoms with E-state index in [0.717, 1.165) is 16.7 Å². The molecule has 3 aromatic carbocycles. The van der Waals surface area contributed by atoms with Gasteiger partial charge in [-0.2, -0.15) is 0 Å². The lowest BCUT2D eigenvalue weighted by Gasteiger charge is -2.12. The summed E-state index contributed by atoms with van der Waals surface area (Å²) in [5.41, 5.74) is 3.45. The molecule has 0 unspecified atom stereocenters. The van der Waals surface area contributed by atoms with Crippen LogP contribution in [-0.2, 0) is 11.2 Å². The first-order chi connectivity index (χ1) is 12.6. The van der Waals surface area contributed by atoms with Crippen LogP contribution >= 0.6 is 0 Å². The van der Waals surface area contributed by atoms with Crippen LogP contribution in [-0.4, -0.2) is 10.9 Å². The molecule has 5 nitrogen and oxygen atoms in total. The monoisotopic (exact) mass is 346 g/mol. The normalized spacial score (nSPS) is 10.3. The highest BCUT2D eigenvalue weighted by molar-refractivity contribution is 5.91. The van der Waals surface area contributed by atoms with Gasteiger partial charge in [0.15, 0.2) is 5.03 Å².